The number of carboxylic acids is 1. The Morgan fingerprint density at radius 1 is 1.00 bits per heavy atom. The lowest BCUT2D eigenvalue weighted by Crippen LogP contribution is -2.42. The SMILES string of the molecule is CCCCCC1C(C)C(COC(=O)C2CCCCC2C(=O)O)CCC1(C)CCCC. The third kappa shape index (κ3) is 6.47. The van der Waals surface area contributed by atoms with Gasteiger partial charge in [0.15, 0.2) is 0 Å². The van der Waals surface area contributed by atoms with E-state index in [2.05, 4.69) is 27.7 Å². The molecule has 2 aliphatic carbocycles. The molecule has 174 valence electrons. The molecule has 2 saturated carbocycles. The molecular weight excluding hydrogens is 376 g/mol. The molecule has 6 atom stereocenters. The van der Waals surface area contributed by atoms with Crippen LogP contribution in [0.15, 0.2) is 0 Å². The van der Waals surface area contributed by atoms with E-state index in [0.717, 1.165) is 19.3 Å². The first-order valence-corrected chi connectivity index (χ1v) is 12.7. The first-order valence-electron chi connectivity index (χ1n) is 12.7. The summed E-state index contributed by atoms with van der Waals surface area (Å²) < 4.78 is 5.79. The average molecular weight is 423 g/mol. The topological polar surface area (TPSA) is 63.6 Å². The Kier molecular flexibility index (Phi) is 10.2. The second-order valence-corrected chi connectivity index (χ2v) is 10.5. The van der Waals surface area contributed by atoms with Gasteiger partial charge in [-0.25, -0.2) is 0 Å². The summed E-state index contributed by atoms with van der Waals surface area (Å²) >= 11 is 0. The Labute approximate surface area is 184 Å². The third-order valence-electron chi connectivity index (χ3n) is 8.41. The normalized spacial score (nSPS) is 34.5. The molecule has 2 rings (SSSR count). The Hall–Kier alpha value is -1.06. The Morgan fingerprint density at radius 2 is 1.67 bits per heavy atom. The summed E-state index contributed by atoms with van der Waals surface area (Å²) in [7, 11) is 0. The van der Waals surface area contributed by atoms with E-state index < -0.39 is 17.8 Å². The van der Waals surface area contributed by atoms with E-state index in [9.17, 15) is 14.7 Å². The van der Waals surface area contributed by atoms with Crippen molar-refractivity contribution in [1.82, 2.24) is 0 Å². The van der Waals surface area contributed by atoms with Crippen LogP contribution >= 0.6 is 0 Å². The van der Waals surface area contributed by atoms with Crippen LogP contribution in [0.2, 0.25) is 0 Å². The van der Waals surface area contributed by atoms with Gasteiger partial charge >= 0.3 is 11.9 Å². The molecule has 0 saturated heterocycles. The van der Waals surface area contributed by atoms with E-state index in [1.54, 1.807) is 0 Å². The zero-order valence-corrected chi connectivity index (χ0v) is 20.0. The van der Waals surface area contributed by atoms with Crippen molar-refractivity contribution in [2.75, 3.05) is 6.61 Å². The van der Waals surface area contributed by atoms with Crippen molar-refractivity contribution in [2.45, 2.75) is 111 Å². The van der Waals surface area contributed by atoms with Gasteiger partial charge in [-0.05, 0) is 61.7 Å². The Bertz CT molecular complexity index is 545. The number of rotatable bonds is 11. The van der Waals surface area contributed by atoms with Crippen LogP contribution < -0.4 is 0 Å². The molecule has 0 aromatic heterocycles. The van der Waals surface area contributed by atoms with E-state index in [4.69, 9.17) is 4.74 Å². The number of esters is 1. The van der Waals surface area contributed by atoms with Crippen molar-refractivity contribution in [2.24, 2.45) is 35.0 Å². The minimum absolute atomic E-state index is 0.267. The molecule has 2 fully saturated rings. The molecule has 30 heavy (non-hydrogen) atoms. The van der Waals surface area contributed by atoms with Gasteiger partial charge in [0.2, 0.25) is 0 Å². The number of carbonyl (C=O) groups excluding carboxylic acids is 1. The molecule has 0 aliphatic heterocycles. The molecule has 0 spiro atoms. The molecule has 0 bridgehead atoms. The minimum atomic E-state index is -0.842. The van der Waals surface area contributed by atoms with Gasteiger partial charge in [-0.1, -0.05) is 72.6 Å². The molecule has 4 heteroatoms. The van der Waals surface area contributed by atoms with Crippen molar-refractivity contribution < 1.29 is 19.4 Å². The summed E-state index contributed by atoms with van der Waals surface area (Å²) in [5.74, 6) is -0.482. The minimum Gasteiger partial charge on any atom is -0.481 e. The smallest absolute Gasteiger partial charge is 0.309 e. The van der Waals surface area contributed by atoms with Gasteiger partial charge in [-0.3, -0.25) is 9.59 Å². The van der Waals surface area contributed by atoms with Crippen LogP contribution in [-0.2, 0) is 14.3 Å². The summed E-state index contributed by atoms with van der Waals surface area (Å²) in [4.78, 5) is 24.3. The third-order valence-corrected chi connectivity index (χ3v) is 8.41. The van der Waals surface area contributed by atoms with E-state index in [1.807, 2.05) is 0 Å². The molecule has 0 amide bonds. The molecule has 0 radical (unpaired) electrons. The highest BCUT2D eigenvalue weighted by Gasteiger charge is 2.44. The van der Waals surface area contributed by atoms with Crippen LogP contribution in [0.4, 0.5) is 0 Å². The second kappa shape index (κ2) is 12.1. The Morgan fingerprint density at radius 3 is 2.30 bits per heavy atom. The number of carboxylic acid groups (broad SMARTS) is 1. The second-order valence-electron chi connectivity index (χ2n) is 10.5. The first kappa shape index (κ1) is 25.2. The first-order chi connectivity index (χ1) is 14.3. The van der Waals surface area contributed by atoms with Crippen molar-refractivity contribution in [1.29, 1.82) is 0 Å². The summed E-state index contributed by atoms with van der Waals surface area (Å²) in [5.41, 5.74) is 0.404. The highest BCUT2D eigenvalue weighted by atomic mass is 16.5. The molecule has 0 aromatic rings. The zero-order chi connectivity index (χ0) is 22.1. The lowest BCUT2D eigenvalue weighted by Gasteiger charge is -2.49. The fourth-order valence-corrected chi connectivity index (χ4v) is 6.28. The van der Waals surface area contributed by atoms with Gasteiger partial charge in [0.1, 0.15) is 0 Å². The maximum Gasteiger partial charge on any atom is 0.309 e. The summed E-state index contributed by atoms with van der Waals surface area (Å²) in [6, 6.07) is 0. The quantitative estimate of drug-likeness (QED) is 0.292. The largest absolute Gasteiger partial charge is 0.481 e. The molecule has 0 heterocycles. The van der Waals surface area contributed by atoms with Crippen molar-refractivity contribution in [3.05, 3.63) is 0 Å². The molecular formula is C26H46O4. The maximum atomic E-state index is 12.7. The van der Waals surface area contributed by atoms with Crippen LogP contribution in [0.5, 0.6) is 0 Å². The fourth-order valence-electron chi connectivity index (χ4n) is 6.28. The van der Waals surface area contributed by atoms with Gasteiger partial charge in [0, 0.05) is 0 Å². The van der Waals surface area contributed by atoms with Gasteiger partial charge in [0.05, 0.1) is 18.4 Å². The molecule has 4 nitrogen and oxygen atoms in total. The van der Waals surface area contributed by atoms with Crippen LogP contribution in [-0.4, -0.2) is 23.7 Å². The number of unbranched alkanes of at least 4 members (excludes halogenated alkanes) is 3. The maximum absolute atomic E-state index is 12.7. The standard InChI is InChI=1S/C26H46O4/c1-5-7-9-14-23-19(3)20(15-17-26(23,4)16-8-6-2)18-30-25(29)22-13-11-10-12-21(22)24(27)28/h19-23H,5-18H2,1-4H3,(H,27,28). The van der Waals surface area contributed by atoms with Crippen molar-refractivity contribution in [3.63, 3.8) is 0 Å². The van der Waals surface area contributed by atoms with Gasteiger partial charge < -0.3 is 9.84 Å². The van der Waals surface area contributed by atoms with E-state index >= 15 is 0 Å². The van der Waals surface area contributed by atoms with Gasteiger partial charge in [-0.15, -0.1) is 0 Å². The Balaban J connectivity index is 1.98. The summed E-state index contributed by atoms with van der Waals surface area (Å²) in [6.07, 6.45) is 14.4. The highest BCUT2D eigenvalue weighted by molar-refractivity contribution is 5.81. The average Bonchev–Trinajstić information content (AvgIpc) is 2.74. The molecule has 2 aliphatic rings. The van der Waals surface area contributed by atoms with Gasteiger partial charge in [-0.2, -0.15) is 0 Å². The lowest BCUT2D eigenvalue weighted by molar-refractivity contribution is -0.162. The zero-order valence-electron chi connectivity index (χ0n) is 20.0. The van der Waals surface area contributed by atoms with E-state index in [1.165, 1.54) is 51.4 Å². The predicted octanol–water partition coefficient (Wildman–Crippen LogP) is 6.86. The molecule has 1 N–H and O–H groups in total. The predicted molar refractivity (Wildman–Crippen MR) is 121 cm³/mol. The molecule has 6 unspecified atom stereocenters. The molecule has 0 aromatic carbocycles. The van der Waals surface area contributed by atoms with E-state index in [0.29, 0.717) is 42.6 Å². The number of hydrogen-bond acceptors (Lipinski definition) is 3. The van der Waals surface area contributed by atoms with Gasteiger partial charge in [0.25, 0.3) is 0 Å². The van der Waals surface area contributed by atoms with Crippen LogP contribution in [0.1, 0.15) is 111 Å². The van der Waals surface area contributed by atoms with Crippen molar-refractivity contribution >= 4 is 11.9 Å². The van der Waals surface area contributed by atoms with Crippen molar-refractivity contribution in [3.8, 4) is 0 Å². The van der Waals surface area contributed by atoms with Crippen LogP contribution in [0.25, 0.3) is 0 Å². The number of carbonyl (C=O) groups is 2. The number of aliphatic carboxylic acids is 1. The number of hydrogen-bond donors (Lipinski definition) is 1. The monoisotopic (exact) mass is 422 g/mol. The van der Waals surface area contributed by atoms with E-state index in [-0.39, 0.29) is 5.97 Å². The fraction of sp³-hybridized carbons (Fsp3) is 0.923. The van der Waals surface area contributed by atoms with Crippen LogP contribution in [0.3, 0.4) is 0 Å². The number of ether oxygens (including phenoxy) is 1. The lowest BCUT2D eigenvalue weighted by atomic mass is 9.56. The summed E-state index contributed by atoms with van der Waals surface area (Å²) in [5, 5.41) is 9.47. The van der Waals surface area contributed by atoms with Crippen LogP contribution in [0, 0.1) is 35.0 Å². The summed E-state index contributed by atoms with van der Waals surface area (Å²) in [6.45, 7) is 9.88. The highest BCUT2D eigenvalue weighted by Crippen LogP contribution is 2.51.